The molecule has 2 aromatic carbocycles. The van der Waals surface area contributed by atoms with Crippen LogP contribution in [0, 0.1) is 5.82 Å². The molecule has 0 saturated carbocycles. The molecule has 2 aromatic rings. The second-order valence-electron chi connectivity index (χ2n) is 5.24. The molecule has 0 saturated heterocycles. The van der Waals surface area contributed by atoms with Gasteiger partial charge in [0.2, 0.25) is 0 Å². The van der Waals surface area contributed by atoms with Crippen LogP contribution >= 0.6 is 0 Å². The Balaban J connectivity index is 2.02. The molecule has 0 amide bonds. The summed E-state index contributed by atoms with van der Waals surface area (Å²) in [6.45, 7) is 4.32. The van der Waals surface area contributed by atoms with Crippen LogP contribution in [0.3, 0.4) is 0 Å². The molecule has 5 heteroatoms. The summed E-state index contributed by atoms with van der Waals surface area (Å²) in [6, 6.07) is 11.8. The van der Waals surface area contributed by atoms with Gasteiger partial charge in [-0.1, -0.05) is 38.1 Å². The lowest BCUT2D eigenvalue weighted by atomic mass is 9.80. The van der Waals surface area contributed by atoms with Crippen LogP contribution < -0.4 is 10.2 Å². The minimum atomic E-state index is -1.67. The summed E-state index contributed by atoms with van der Waals surface area (Å²) in [5.74, 6) is 0.610. The minimum absolute atomic E-state index is 0.0919. The zero-order valence-electron chi connectivity index (χ0n) is 12.1. The van der Waals surface area contributed by atoms with E-state index >= 15 is 0 Å². The molecule has 2 N–H and O–H groups in total. The zero-order chi connectivity index (χ0) is 15.4. The molecule has 0 aromatic heterocycles. The average molecular weight is 288 g/mol. The van der Waals surface area contributed by atoms with Crippen molar-refractivity contribution < 1.29 is 19.2 Å². The van der Waals surface area contributed by atoms with Gasteiger partial charge < -0.3 is 14.8 Å². The second kappa shape index (κ2) is 6.74. The van der Waals surface area contributed by atoms with Crippen molar-refractivity contribution >= 4 is 12.6 Å². The number of halogens is 1. The highest BCUT2D eigenvalue weighted by Gasteiger charge is 2.13. The summed E-state index contributed by atoms with van der Waals surface area (Å²) < 4.78 is 19.3. The fourth-order valence-corrected chi connectivity index (χ4v) is 1.95. The summed E-state index contributed by atoms with van der Waals surface area (Å²) in [6.07, 6.45) is 0. The van der Waals surface area contributed by atoms with Gasteiger partial charge >= 0.3 is 7.12 Å². The van der Waals surface area contributed by atoms with Crippen molar-refractivity contribution in [2.24, 2.45) is 0 Å². The molecule has 0 aliphatic carbocycles. The van der Waals surface area contributed by atoms with E-state index in [9.17, 15) is 4.39 Å². The standard InChI is InChI=1S/C16H18BFO3/c1-11(2)12-4-7-15(8-5-12)21-10-13-3-6-14(17(19)20)9-16(13)18/h3-9,11,19-20H,10H2,1-2H3. The van der Waals surface area contributed by atoms with Gasteiger partial charge in [-0.05, 0) is 35.1 Å². The Kier molecular flexibility index (Phi) is 4.99. The van der Waals surface area contributed by atoms with Crippen molar-refractivity contribution in [3.8, 4) is 5.75 Å². The van der Waals surface area contributed by atoms with Crippen molar-refractivity contribution in [2.45, 2.75) is 26.4 Å². The maximum Gasteiger partial charge on any atom is 0.488 e. The molecule has 0 aliphatic heterocycles. The number of rotatable bonds is 5. The smallest absolute Gasteiger partial charge is 0.488 e. The van der Waals surface area contributed by atoms with Gasteiger partial charge in [-0.25, -0.2) is 4.39 Å². The van der Waals surface area contributed by atoms with Crippen molar-refractivity contribution in [1.29, 1.82) is 0 Å². The SMILES string of the molecule is CC(C)c1ccc(OCc2ccc(B(O)O)cc2F)cc1. The molecule has 0 atom stereocenters. The quantitative estimate of drug-likeness (QED) is 0.829. The third-order valence-corrected chi connectivity index (χ3v) is 3.32. The van der Waals surface area contributed by atoms with E-state index < -0.39 is 12.9 Å². The monoisotopic (exact) mass is 288 g/mol. The van der Waals surface area contributed by atoms with Crippen LogP contribution in [0.4, 0.5) is 4.39 Å². The van der Waals surface area contributed by atoms with Crippen LogP contribution in [0.15, 0.2) is 42.5 Å². The fraction of sp³-hybridized carbons (Fsp3) is 0.250. The first-order chi connectivity index (χ1) is 9.97. The lowest BCUT2D eigenvalue weighted by Gasteiger charge is -2.10. The minimum Gasteiger partial charge on any atom is -0.489 e. The maximum absolute atomic E-state index is 13.8. The van der Waals surface area contributed by atoms with Gasteiger partial charge in [-0.3, -0.25) is 0 Å². The highest BCUT2D eigenvalue weighted by molar-refractivity contribution is 6.58. The summed E-state index contributed by atoms with van der Waals surface area (Å²) in [4.78, 5) is 0. The summed E-state index contributed by atoms with van der Waals surface area (Å²) in [5, 5.41) is 18.0. The van der Waals surface area contributed by atoms with Crippen molar-refractivity contribution in [3.63, 3.8) is 0 Å². The number of hydrogen-bond donors (Lipinski definition) is 2. The van der Waals surface area contributed by atoms with E-state index in [2.05, 4.69) is 13.8 Å². The highest BCUT2D eigenvalue weighted by atomic mass is 19.1. The van der Waals surface area contributed by atoms with Crippen LogP contribution in [-0.2, 0) is 6.61 Å². The summed E-state index contributed by atoms with van der Waals surface area (Å²) in [7, 11) is -1.67. The second-order valence-corrected chi connectivity index (χ2v) is 5.24. The van der Waals surface area contributed by atoms with E-state index in [0.29, 0.717) is 17.2 Å². The molecule has 110 valence electrons. The first-order valence-electron chi connectivity index (χ1n) is 6.84. The van der Waals surface area contributed by atoms with Gasteiger partial charge in [0.05, 0.1) is 0 Å². The molecule has 0 radical (unpaired) electrons. The third kappa shape index (κ3) is 4.06. The first kappa shape index (κ1) is 15.5. The number of benzene rings is 2. The van der Waals surface area contributed by atoms with E-state index in [0.717, 1.165) is 6.07 Å². The Hall–Kier alpha value is -1.85. The fourth-order valence-electron chi connectivity index (χ4n) is 1.95. The molecule has 2 rings (SSSR count). The predicted octanol–water partition coefficient (Wildman–Crippen LogP) is 2.21. The Bertz CT molecular complexity index is 597. The van der Waals surface area contributed by atoms with Gasteiger partial charge in [-0.15, -0.1) is 0 Å². The van der Waals surface area contributed by atoms with Crippen molar-refractivity contribution in [2.75, 3.05) is 0 Å². The lowest BCUT2D eigenvalue weighted by molar-refractivity contribution is 0.299. The van der Waals surface area contributed by atoms with E-state index in [1.807, 2.05) is 24.3 Å². The molecule has 0 spiro atoms. The van der Waals surface area contributed by atoms with E-state index in [-0.39, 0.29) is 12.1 Å². The Morgan fingerprint density at radius 3 is 2.29 bits per heavy atom. The van der Waals surface area contributed by atoms with Crippen LogP contribution in [0.25, 0.3) is 0 Å². The van der Waals surface area contributed by atoms with Crippen LogP contribution in [-0.4, -0.2) is 17.2 Å². The van der Waals surface area contributed by atoms with Gasteiger partial charge in [0.15, 0.2) is 0 Å². The van der Waals surface area contributed by atoms with Crippen LogP contribution in [0.2, 0.25) is 0 Å². The van der Waals surface area contributed by atoms with Gasteiger partial charge in [0.25, 0.3) is 0 Å². The van der Waals surface area contributed by atoms with Crippen molar-refractivity contribution in [3.05, 3.63) is 59.4 Å². The maximum atomic E-state index is 13.8. The van der Waals surface area contributed by atoms with E-state index in [1.54, 1.807) is 0 Å². The van der Waals surface area contributed by atoms with Crippen molar-refractivity contribution in [1.82, 2.24) is 0 Å². The van der Waals surface area contributed by atoms with Gasteiger partial charge in [0.1, 0.15) is 18.2 Å². The molecule has 0 fully saturated rings. The summed E-state index contributed by atoms with van der Waals surface area (Å²) >= 11 is 0. The van der Waals surface area contributed by atoms with Crippen LogP contribution in [0.5, 0.6) is 5.75 Å². The third-order valence-electron chi connectivity index (χ3n) is 3.32. The molecule has 0 heterocycles. The Labute approximate surface area is 124 Å². The van der Waals surface area contributed by atoms with E-state index in [1.165, 1.54) is 17.7 Å². The topological polar surface area (TPSA) is 49.7 Å². The number of hydrogen-bond acceptors (Lipinski definition) is 3. The molecule has 0 unspecified atom stereocenters. The largest absolute Gasteiger partial charge is 0.489 e. The first-order valence-corrected chi connectivity index (χ1v) is 6.84. The Morgan fingerprint density at radius 2 is 1.76 bits per heavy atom. The molecular formula is C16H18BFO3. The molecular weight excluding hydrogens is 270 g/mol. The van der Waals surface area contributed by atoms with E-state index in [4.69, 9.17) is 14.8 Å². The average Bonchev–Trinajstić information content (AvgIpc) is 2.46. The summed E-state index contributed by atoms with van der Waals surface area (Å²) in [5.41, 5.74) is 1.71. The highest BCUT2D eigenvalue weighted by Crippen LogP contribution is 2.19. The normalized spacial score (nSPS) is 10.8. The number of ether oxygens (including phenoxy) is 1. The van der Waals surface area contributed by atoms with Gasteiger partial charge in [0, 0.05) is 5.56 Å². The molecule has 0 aliphatic rings. The molecule has 21 heavy (non-hydrogen) atoms. The van der Waals surface area contributed by atoms with Gasteiger partial charge in [-0.2, -0.15) is 0 Å². The molecule has 0 bridgehead atoms. The predicted molar refractivity (Wildman–Crippen MR) is 81.1 cm³/mol. The Morgan fingerprint density at radius 1 is 1.10 bits per heavy atom. The zero-order valence-corrected chi connectivity index (χ0v) is 12.1. The van der Waals surface area contributed by atoms with Crippen LogP contribution in [0.1, 0.15) is 30.9 Å². The molecule has 3 nitrogen and oxygen atoms in total. The lowest BCUT2D eigenvalue weighted by Crippen LogP contribution is -2.30.